The minimum absolute atomic E-state index is 0.0265. The van der Waals surface area contributed by atoms with E-state index in [2.05, 4.69) is 5.32 Å². The van der Waals surface area contributed by atoms with Gasteiger partial charge in [0, 0.05) is 17.6 Å². The maximum atomic E-state index is 14.0. The van der Waals surface area contributed by atoms with Crippen LogP contribution in [-0.4, -0.2) is 50.4 Å². The van der Waals surface area contributed by atoms with Crippen molar-refractivity contribution in [1.29, 1.82) is 0 Å². The van der Waals surface area contributed by atoms with Gasteiger partial charge in [-0.2, -0.15) is 0 Å². The summed E-state index contributed by atoms with van der Waals surface area (Å²) in [6.45, 7) is 6.96. The second-order valence-electron chi connectivity index (χ2n) is 9.50. The van der Waals surface area contributed by atoms with Gasteiger partial charge in [-0.25, -0.2) is 12.8 Å². The molecule has 0 fully saturated rings. The Morgan fingerprint density at radius 2 is 1.61 bits per heavy atom. The summed E-state index contributed by atoms with van der Waals surface area (Å²) in [4.78, 5) is 28.2. The standard InChI is InChI=1S/C30H35ClFN3O5S/c1-5-21(3)33-30(37)22(4)34(19-23-9-7-8-10-28(23)31)29(36)20-35(25-13-15-26(16-14-25)40-6-2)41(38,39)27-17-11-24(32)12-18-27/h7-18,21-22H,5-6,19-20H2,1-4H3,(H,33,37)/t21-,22-/m0/s1. The van der Waals surface area contributed by atoms with Gasteiger partial charge in [-0.1, -0.05) is 36.7 Å². The number of nitrogens with one attached hydrogen (secondary N) is 1. The van der Waals surface area contributed by atoms with Crippen LogP contribution in [0.15, 0.2) is 77.7 Å². The fraction of sp³-hybridized carbons (Fsp3) is 0.333. The van der Waals surface area contributed by atoms with Crippen molar-refractivity contribution >= 4 is 39.1 Å². The third-order valence-corrected chi connectivity index (χ3v) is 8.74. The number of hydrogen-bond acceptors (Lipinski definition) is 5. The monoisotopic (exact) mass is 603 g/mol. The molecule has 0 spiro atoms. The van der Waals surface area contributed by atoms with Crippen molar-refractivity contribution in [1.82, 2.24) is 10.2 Å². The molecule has 3 aromatic rings. The van der Waals surface area contributed by atoms with E-state index in [1.54, 1.807) is 43.3 Å². The maximum Gasteiger partial charge on any atom is 0.264 e. The predicted molar refractivity (Wildman–Crippen MR) is 158 cm³/mol. The molecule has 2 amide bonds. The van der Waals surface area contributed by atoms with Gasteiger partial charge in [-0.05, 0) is 87.4 Å². The van der Waals surface area contributed by atoms with Gasteiger partial charge in [0.2, 0.25) is 11.8 Å². The summed E-state index contributed by atoms with van der Waals surface area (Å²) >= 11 is 6.38. The largest absolute Gasteiger partial charge is 0.494 e. The highest BCUT2D eigenvalue weighted by Crippen LogP contribution is 2.27. The van der Waals surface area contributed by atoms with Crippen molar-refractivity contribution in [3.05, 3.63) is 89.2 Å². The smallest absolute Gasteiger partial charge is 0.264 e. The molecule has 0 aliphatic carbocycles. The maximum absolute atomic E-state index is 14.0. The molecule has 0 aliphatic heterocycles. The molecule has 3 rings (SSSR count). The SMILES string of the molecule is CCOc1ccc(N(CC(=O)N(Cc2ccccc2Cl)[C@@H](C)C(=O)N[C@@H](C)CC)S(=O)(=O)c2ccc(F)cc2)cc1. The quantitative estimate of drug-likeness (QED) is 0.282. The molecule has 11 heteroatoms. The fourth-order valence-corrected chi connectivity index (χ4v) is 5.61. The topological polar surface area (TPSA) is 96.0 Å². The van der Waals surface area contributed by atoms with E-state index >= 15 is 0 Å². The number of hydrogen-bond donors (Lipinski definition) is 1. The number of rotatable bonds is 13. The van der Waals surface area contributed by atoms with E-state index in [0.717, 1.165) is 28.6 Å². The lowest BCUT2D eigenvalue weighted by Gasteiger charge is -2.32. The minimum Gasteiger partial charge on any atom is -0.494 e. The van der Waals surface area contributed by atoms with E-state index in [0.29, 0.717) is 29.4 Å². The number of anilines is 1. The molecular weight excluding hydrogens is 569 g/mol. The molecule has 8 nitrogen and oxygen atoms in total. The highest BCUT2D eigenvalue weighted by Gasteiger charge is 2.33. The minimum atomic E-state index is -4.32. The van der Waals surface area contributed by atoms with E-state index in [1.807, 2.05) is 20.8 Å². The van der Waals surface area contributed by atoms with Gasteiger partial charge < -0.3 is 15.0 Å². The third-order valence-electron chi connectivity index (χ3n) is 6.58. The summed E-state index contributed by atoms with van der Waals surface area (Å²) in [6, 6.07) is 16.5. The normalized spacial score (nSPS) is 12.7. The number of ether oxygens (including phenoxy) is 1. The molecular formula is C30H35ClFN3O5S. The molecule has 41 heavy (non-hydrogen) atoms. The molecule has 0 radical (unpaired) electrons. The average Bonchev–Trinajstić information content (AvgIpc) is 2.95. The number of sulfonamides is 1. The lowest BCUT2D eigenvalue weighted by Crippen LogP contribution is -2.52. The molecule has 1 N–H and O–H groups in total. The molecule has 220 valence electrons. The summed E-state index contributed by atoms with van der Waals surface area (Å²) in [5.74, 6) is -1.08. The first-order valence-corrected chi connectivity index (χ1v) is 15.1. The highest BCUT2D eigenvalue weighted by molar-refractivity contribution is 7.92. The van der Waals surface area contributed by atoms with Crippen LogP contribution in [-0.2, 0) is 26.2 Å². The van der Waals surface area contributed by atoms with Crippen LogP contribution in [0.1, 0.15) is 39.7 Å². The first-order valence-electron chi connectivity index (χ1n) is 13.3. The third kappa shape index (κ3) is 8.20. The highest BCUT2D eigenvalue weighted by atomic mass is 35.5. The van der Waals surface area contributed by atoms with Gasteiger partial charge in [0.15, 0.2) is 0 Å². The van der Waals surface area contributed by atoms with Crippen LogP contribution in [0.3, 0.4) is 0 Å². The number of carbonyl (C=O) groups is 2. The van der Waals surface area contributed by atoms with Crippen molar-refractivity contribution < 1.29 is 27.1 Å². The zero-order valence-corrected chi connectivity index (χ0v) is 25.1. The van der Waals surface area contributed by atoms with Crippen molar-refractivity contribution in [3.8, 4) is 5.75 Å². The zero-order valence-electron chi connectivity index (χ0n) is 23.5. The molecule has 0 bridgehead atoms. The van der Waals surface area contributed by atoms with Crippen LogP contribution in [0.25, 0.3) is 0 Å². The van der Waals surface area contributed by atoms with Gasteiger partial charge in [0.05, 0.1) is 17.2 Å². The lowest BCUT2D eigenvalue weighted by molar-refractivity contribution is -0.139. The Bertz CT molecular complexity index is 1440. The summed E-state index contributed by atoms with van der Waals surface area (Å²) < 4.78 is 47.7. The molecule has 0 heterocycles. The Hall–Kier alpha value is -3.63. The molecule has 0 unspecified atom stereocenters. The molecule has 0 saturated carbocycles. The number of benzene rings is 3. The number of halogens is 2. The molecule has 2 atom stereocenters. The predicted octanol–water partition coefficient (Wildman–Crippen LogP) is 5.41. The van der Waals surface area contributed by atoms with Crippen LogP contribution in [0.4, 0.5) is 10.1 Å². The van der Waals surface area contributed by atoms with Crippen LogP contribution >= 0.6 is 11.6 Å². The van der Waals surface area contributed by atoms with Gasteiger partial charge in [-0.3, -0.25) is 13.9 Å². The van der Waals surface area contributed by atoms with Crippen LogP contribution in [0, 0.1) is 5.82 Å². The summed E-state index contributed by atoms with van der Waals surface area (Å²) in [5, 5.41) is 3.29. The summed E-state index contributed by atoms with van der Waals surface area (Å²) in [6.07, 6.45) is 0.693. The summed E-state index contributed by atoms with van der Waals surface area (Å²) in [7, 11) is -4.32. The molecule has 0 aliphatic rings. The fourth-order valence-electron chi connectivity index (χ4n) is 4.00. The summed E-state index contributed by atoms with van der Waals surface area (Å²) in [5.41, 5.74) is 0.792. The number of amides is 2. The van der Waals surface area contributed by atoms with Crippen LogP contribution < -0.4 is 14.4 Å². The van der Waals surface area contributed by atoms with Gasteiger partial charge in [0.25, 0.3) is 10.0 Å². The Balaban J connectivity index is 2.04. The van der Waals surface area contributed by atoms with Gasteiger partial charge in [-0.15, -0.1) is 0 Å². The van der Waals surface area contributed by atoms with Crippen LogP contribution in [0.5, 0.6) is 5.75 Å². The van der Waals surface area contributed by atoms with E-state index in [-0.39, 0.29) is 29.1 Å². The lowest BCUT2D eigenvalue weighted by atomic mass is 10.1. The Kier molecular flexibility index (Phi) is 11.1. The molecule has 3 aromatic carbocycles. The number of carbonyl (C=O) groups excluding carboxylic acids is 2. The number of nitrogens with zero attached hydrogens (tertiary/aromatic N) is 2. The molecule has 0 aromatic heterocycles. The zero-order chi connectivity index (χ0) is 30.2. The van der Waals surface area contributed by atoms with E-state index in [4.69, 9.17) is 16.3 Å². The van der Waals surface area contributed by atoms with Crippen molar-refractivity contribution in [2.45, 2.75) is 57.6 Å². The van der Waals surface area contributed by atoms with Gasteiger partial charge in [0.1, 0.15) is 24.2 Å². The Morgan fingerprint density at radius 1 is 0.976 bits per heavy atom. The van der Waals surface area contributed by atoms with Crippen molar-refractivity contribution in [2.75, 3.05) is 17.5 Å². The van der Waals surface area contributed by atoms with E-state index < -0.39 is 34.3 Å². The van der Waals surface area contributed by atoms with Crippen LogP contribution in [0.2, 0.25) is 5.02 Å². The Morgan fingerprint density at radius 3 is 2.20 bits per heavy atom. The van der Waals surface area contributed by atoms with Crippen molar-refractivity contribution in [3.63, 3.8) is 0 Å². The van der Waals surface area contributed by atoms with E-state index in [9.17, 15) is 22.4 Å². The Labute approximate surface area is 246 Å². The second-order valence-corrected chi connectivity index (χ2v) is 11.8. The van der Waals surface area contributed by atoms with Crippen molar-refractivity contribution in [2.24, 2.45) is 0 Å². The average molecular weight is 604 g/mol. The first-order chi connectivity index (χ1) is 19.5. The first kappa shape index (κ1) is 31.9. The van der Waals surface area contributed by atoms with E-state index in [1.165, 1.54) is 17.0 Å². The van der Waals surface area contributed by atoms with Gasteiger partial charge >= 0.3 is 0 Å². The second kappa shape index (κ2) is 14.3. The molecule has 0 saturated heterocycles.